The van der Waals surface area contributed by atoms with Crippen molar-refractivity contribution in [2.24, 2.45) is 0 Å². The van der Waals surface area contributed by atoms with Crippen LogP contribution in [0.1, 0.15) is 22.8 Å². The van der Waals surface area contributed by atoms with E-state index < -0.39 is 5.25 Å². The van der Waals surface area contributed by atoms with Gasteiger partial charge in [0.25, 0.3) is 0 Å². The Labute approximate surface area is 190 Å². The van der Waals surface area contributed by atoms with E-state index in [4.69, 9.17) is 4.98 Å². The van der Waals surface area contributed by atoms with E-state index in [2.05, 4.69) is 15.5 Å². The van der Waals surface area contributed by atoms with Gasteiger partial charge in [0, 0.05) is 11.3 Å². The van der Waals surface area contributed by atoms with Crippen LogP contribution in [0.2, 0.25) is 0 Å². The molecule has 0 bridgehead atoms. The topological polar surface area (TPSA) is 84.8 Å². The van der Waals surface area contributed by atoms with Crippen LogP contribution in [-0.2, 0) is 11.2 Å². The second-order valence-electron chi connectivity index (χ2n) is 6.97. The lowest BCUT2D eigenvalue weighted by Gasteiger charge is -2.11. The van der Waals surface area contributed by atoms with Crippen LogP contribution in [0.15, 0.2) is 58.4 Å². The number of amides is 1. The lowest BCUT2D eigenvalue weighted by molar-refractivity contribution is -0.115. The molecule has 0 aliphatic carbocycles. The molecule has 4 heterocycles. The average Bonchev–Trinajstić information content (AvgIpc) is 3.53. The van der Waals surface area contributed by atoms with E-state index in [1.54, 1.807) is 40.9 Å². The molecule has 0 saturated heterocycles. The van der Waals surface area contributed by atoms with Crippen molar-refractivity contribution in [3.63, 3.8) is 0 Å². The van der Waals surface area contributed by atoms with E-state index in [1.807, 2.05) is 41.9 Å². The van der Waals surface area contributed by atoms with Crippen molar-refractivity contribution in [2.45, 2.75) is 23.8 Å². The van der Waals surface area contributed by atoms with Crippen LogP contribution in [0, 0.1) is 0 Å². The van der Waals surface area contributed by atoms with Crippen LogP contribution in [0.5, 0.6) is 0 Å². The van der Waals surface area contributed by atoms with Gasteiger partial charge in [-0.1, -0.05) is 23.9 Å². The normalized spacial score (nSPS) is 13.6. The highest BCUT2D eigenvalue weighted by Crippen LogP contribution is 2.35. The van der Waals surface area contributed by atoms with Crippen molar-refractivity contribution in [3.05, 3.63) is 64.4 Å². The first kappa shape index (κ1) is 20.0. The SMILES string of the molecule is C[C@H](Sc1nnc(-c2cccs2)c(-c2cccs2)n1)C(=O)c1ccc2c(c1)CC(=O)N2. The zero-order chi connectivity index (χ0) is 21.4. The van der Waals surface area contributed by atoms with Gasteiger partial charge in [0.05, 0.1) is 21.4 Å². The Morgan fingerprint density at radius 2 is 1.81 bits per heavy atom. The summed E-state index contributed by atoms with van der Waals surface area (Å²) in [5.41, 5.74) is 3.73. The number of rotatable bonds is 6. The smallest absolute Gasteiger partial charge is 0.228 e. The van der Waals surface area contributed by atoms with Crippen LogP contribution in [0.3, 0.4) is 0 Å². The summed E-state index contributed by atoms with van der Waals surface area (Å²) < 4.78 is 0. The van der Waals surface area contributed by atoms with Crippen molar-refractivity contribution < 1.29 is 9.59 Å². The number of hydrogen-bond donors (Lipinski definition) is 1. The van der Waals surface area contributed by atoms with Crippen molar-refractivity contribution in [3.8, 4) is 21.1 Å². The molecule has 9 heteroatoms. The van der Waals surface area contributed by atoms with Gasteiger partial charge in [0.15, 0.2) is 5.78 Å². The number of hydrogen-bond acceptors (Lipinski definition) is 8. The first-order valence-corrected chi connectivity index (χ1v) is 12.2. The Bertz CT molecular complexity index is 1270. The van der Waals surface area contributed by atoms with Crippen LogP contribution in [0.25, 0.3) is 21.1 Å². The highest BCUT2D eigenvalue weighted by Gasteiger charge is 2.24. The van der Waals surface area contributed by atoms with Gasteiger partial charge in [-0.3, -0.25) is 9.59 Å². The molecule has 31 heavy (non-hydrogen) atoms. The molecule has 0 unspecified atom stereocenters. The van der Waals surface area contributed by atoms with Crippen LogP contribution >= 0.6 is 34.4 Å². The number of ketones is 1. The number of Topliss-reactive ketones (excluding diaryl/α,β-unsaturated/α-hetero) is 1. The number of thioether (sulfide) groups is 1. The molecule has 3 aromatic heterocycles. The lowest BCUT2D eigenvalue weighted by atomic mass is 10.0. The number of thiophene rings is 2. The van der Waals surface area contributed by atoms with E-state index in [0.717, 1.165) is 32.4 Å². The van der Waals surface area contributed by atoms with E-state index in [-0.39, 0.29) is 11.7 Å². The Morgan fingerprint density at radius 1 is 1.06 bits per heavy atom. The van der Waals surface area contributed by atoms with Crippen LogP contribution in [-0.4, -0.2) is 32.1 Å². The van der Waals surface area contributed by atoms with Gasteiger partial charge in [0.1, 0.15) is 11.4 Å². The minimum Gasteiger partial charge on any atom is -0.326 e. The summed E-state index contributed by atoms with van der Waals surface area (Å²) in [7, 11) is 0. The van der Waals surface area contributed by atoms with Gasteiger partial charge >= 0.3 is 0 Å². The summed E-state index contributed by atoms with van der Waals surface area (Å²) in [5, 5.41) is 15.6. The fraction of sp³-hybridized carbons (Fsp3) is 0.136. The number of carbonyl (C=O) groups is 2. The quantitative estimate of drug-likeness (QED) is 0.312. The number of nitrogens with zero attached hydrogens (tertiary/aromatic N) is 3. The molecule has 154 valence electrons. The van der Waals surface area contributed by atoms with Crippen molar-refractivity contribution in [2.75, 3.05) is 5.32 Å². The summed E-state index contributed by atoms with van der Waals surface area (Å²) in [6.07, 6.45) is 0.305. The van der Waals surface area contributed by atoms with Crippen molar-refractivity contribution in [1.82, 2.24) is 15.2 Å². The number of nitrogens with one attached hydrogen (secondary N) is 1. The predicted octanol–water partition coefficient (Wildman–Crippen LogP) is 5.19. The van der Waals surface area contributed by atoms with E-state index >= 15 is 0 Å². The summed E-state index contributed by atoms with van der Waals surface area (Å²) in [6, 6.07) is 13.3. The minimum absolute atomic E-state index is 0.0317. The molecule has 1 amide bonds. The second-order valence-corrected chi connectivity index (χ2v) is 10.2. The molecular weight excluding hydrogens is 448 g/mol. The summed E-state index contributed by atoms with van der Waals surface area (Å²) >= 11 is 4.47. The van der Waals surface area contributed by atoms with Gasteiger partial charge in [-0.05, 0) is 53.6 Å². The molecular formula is C22H16N4O2S3. The molecule has 4 aromatic rings. The molecule has 1 aliphatic heterocycles. The zero-order valence-corrected chi connectivity index (χ0v) is 18.8. The highest BCUT2D eigenvalue weighted by atomic mass is 32.2. The molecule has 0 saturated carbocycles. The molecule has 0 fully saturated rings. The number of aromatic nitrogens is 3. The van der Waals surface area contributed by atoms with Crippen molar-refractivity contribution >= 4 is 51.8 Å². The first-order valence-electron chi connectivity index (χ1n) is 9.54. The minimum atomic E-state index is -0.395. The van der Waals surface area contributed by atoms with Crippen LogP contribution < -0.4 is 5.32 Å². The molecule has 0 radical (unpaired) electrons. The predicted molar refractivity (Wildman–Crippen MR) is 125 cm³/mol. The Balaban J connectivity index is 1.41. The summed E-state index contributed by atoms with van der Waals surface area (Å²) in [5.74, 6) is -0.0795. The molecule has 6 nitrogen and oxygen atoms in total. The fourth-order valence-corrected chi connectivity index (χ4v) is 5.57. The second kappa shape index (κ2) is 8.33. The first-order chi connectivity index (χ1) is 15.1. The highest BCUT2D eigenvalue weighted by molar-refractivity contribution is 8.00. The maximum atomic E-state index is 13.0. The summed E-state index contributed by atoms with van der Waals surface area (Å²) in [4.78, 5) is 31.3. The zero-order valence-electron chi connectivity index (χ0n) is 16.4. The molecule has 5 rings (SSSR count). The Morgan fingerprint density at radius 3 is 2.52 bits per heavy atom. The fourth-order valence-electron chi connectivity index (χ4n) is 3.35. The largest absolute Gasteiger partial charge is 0.326 e. The van der Waals surface area contributed by atoms with Gasteiger partial charge < -0.3 is 5.32 Å². The monoisotopic (exact) mass is 464 g/mol. The van der Waals surface area contributed by atoms with Crippen molar-refractivity contribution in [1.29, 1.82) is 0 Å². The van der Waals surface area contributed by atoms with Gasteiger partial charge in [-0.15, -0.1) is 32.9 Å². The van der Waals surface area contributed by atoms with Gasteiger partial charge in [-0.2, -0.15) is 0 Å². The third kappa shape index (κ3) is 4.04. The van der Waals surface area contributed by atoms with Crippen LogP contribution in [0.4, 0.5) is 5.69 Å². The molecule has 1 atom stereocenters. The number of anilines is 1. The standard InChI is InChI=1S/C22H16N4O2S3/c1-12(21(28)13-6-7-15-14(10-13)11-18(27)23-15)31-22-24-19(16-4-2-8-29-16)20(25-26-22)17-5-3-9-30-17/h2-10,12H,11H2,1H3,(H,23,27)/t12-/m0/s1. The van der Waals surface area contributed by atoms with Gasteiger partial charge in [-0.25, -0.2) is 4.98 Å². The van der Waals surface area contributed by atoms with E-state index in [0.29, 0.717) is 17.1 Å². The number of carbonyl (C=O) groups excluding carboxylic acids is 2. The molecule has 1 aliphatic rings. The summed E-state index contributed by atoms with van der Waals surface area (Å²) in [6.45, 7) is 1.84. The lowest BCUT2D eigenvalue weighted by Crippen LogP contribution is -2.14. The Kier molecular flexibility index (Phi) is 5.39. The number of benzene rings is 1. The molecule has 1 aromatic carbocycles. The maximum Gasteiger partial charge on any atom is 0.228 e. The average molecular weight is 465 g/mol. The Hall–Kier alpha value is -2.88. The van der Waals surface area contributed by atoms with Gasteiger partial charge in [0.2, 0.25) is 11.1 Å². The number of fused-ring (bicyclic) bond motifs is 1. The van der Waals surface area contributed by atoms with E-state index in [9.17, 15) is 9.59 Å². The molecule has 0 spiro atoms. The maximum absolute atomic E-state index is 13.0. The third-order valence-electron chi connectivity index (χ3n) is 4.84. The third-order valence-corrected chi connectivity index (χ3v) is 7.55. The van der Waals surface area contributed by atoms with E-state index in [1.165, 1.54) is 11.8 Å². The molecule has 1 N–H and O–H groups in total.